The van der Waals surface area contributed by atoms with Crippen LogP contribution in [0, 0.1) is 6.92 Å². The normalized spacial score (nSPS) is 18.4. The zero-order valence-electron chi connectivity index (χ0n) is 20.1. The van der Waals surface area contributed by atoms with E-state index in [9.17, 15) is 35.9 Å². The van der Waals surface area contributed by atoms with Crippen molar-refractivity contribution in [2.75, 3.05) is 11.7 Å². The van der Waals surface area contributed by atoms with Crippen LogP contribution in [0.3, 0.4) is 0 Å². The fourth-order valence-electron chi connectivity index (χ4n) is 4.84. The third-order valence-corrected chi connectivity index (χ3v) is 8.09. The monoisotopic (exact) mass is 553 g/mol. The molecule has 0 bridgehead atoms. The molecule has 12 heteroatoms. The average Bonchev–Trinajstić information content (AvgIpc) is 3.01. The molecule has 2 aliphatic heterocycles. The van der Waals surface area contributed by atoms with E-state index in [-0.39, 0.29) is 11.3 Å². The van der Waals surface area contributed by atoms with Gasteiger partial charge in [-0.2, -0.15) is 26.3 Å². The average molecular weight is 554 g/mol. The minimum Gasteiger partial charge on any atom is -0.306 e. The summed E-state index contributed by atoms with van der Waals surface area (Å²) in [6.45, 7) is 1.72. The Morgan fingerprint density at radius 1 is 0.974 bits per heavy atom. The van der Waals surface area contributed by atoms with Crippen LogP contribution in [-0.4, -0.2) is 34.4 Å². The summed E-state index contributed by atoms with van der Waals surface area (Å²) in [5.74, 6) is -0.614. The molecule has 0 saturated heterocycles. The Kier molecular flexibility index (Phi) is 6.28. The van der Waals surface area contributed by atoms with Crippen molar-refractivity contribution in [3.05, 3.63) is 98.5 Å². The number of benzene rings is 2. The Morgan fingerprint density at radius 2 is 1.68 bits per heavy atom. The number of alkyl halides is 6. The Bertz CT molecular complexity index is 1480. The molecule has 38 heavy (non-hydrogen) atoms. The second-order valence-electron chi connectivity index (χ2n) is 9.21. The SMILES string of the molecule is Cc1c2n(ccc1=O)N(C1c3ccccc3CSc3cc(C(F)(F)F)ccc31)CN([C@H](C)C(F)(F)F)C2=O. The molecule has 1 unspecified atom stereocenters. The van der Waals surface area contributed by atoms with E-state index in [1.807, 2.05) is 6.07 Å². The molecule has 5 rings (SSSR count). The lowest BCUT2D eigenvalue weighted by atomic mass is 9.93. The number of thioether (sulfide) groups is 1. The van der Waals surface area contributed by atoms with Gasteiger partial charge in [0.2, 0.25) is 0 Å². The van der Waals surface area contributed by atoms with Gasteiger partial charge < -0.3 is 4.90 Å². The van der Waals surface area contributed by atoms with Crippen LogP contribution >= 0.6 is 11.8 Å². The lowest BCUT2D eigenvalue weighted by Gasteiger charge is -2.46. The fourth-order valence-corrected chi connectivity index (χ4v) is 5.97. The van der Waals surface area contributed by atoms with Crippen LogP contribution in [0.15, 0.2) is 64.4 Å². The van der Waals surface area contributed by atoms with Gasteiger partial charge in [0.15, 0.2) is 5.43 Å². The minimum atomic E-state index is -4.75. The van der Waals surface area contributed by atoms with E-state index in [0.717, 1.165) is 24.6 Å². The molecule has 0 radical (unpaired) electrons. The van der Waals surface area contributed by atoms with Crippen molar-refractivity contribution in [2.24, 2.45) is 0 Å². The van der Waals surface area contributed by atoms with E-state index in [4.69, 9.17) is 0 Å². The molecule has 5 nitrogen and oxygen atoms in total. The zero-order valence-corrected chi connectivity index (χ0v) is 20.9. The van der Waals surface area contributed by atoms with Gasteiger partial charge in [0, 0.05) is 28.5 Å². The van der Waals surface area contributed by atoms with Crippen molar-refractivity contribution in [3.8, 4) is 0 Å². The van der Waals surface area contributed by atoms with Crippen LogP contribution in [0.5, 0.6) is 0 Å². The maximum Gasteiger partial charge on any atom is 0.416 e. The van der Waals surface area contributed by atoms with Crippen molar-refractivity contribution >= 4 is 17.7 Å². The smallest absolute Gasteiger partial charge is 0.306 e. The Balaban J connectivity index is 1.77. The summed E-state index contributed by atoms with van der Waals surface area (Å²) in [5, 5.41) is 1.50. The molecule has 0 N–H and O–H groups in total. The predicted molar refractivity (Wildman–Crippen MR) is 129 cm³/mol. The number of fused-ring (bicyclic) bond motifs is 3. The maximum atomic E-state index is 13.8. The van der Waals surface area contributed by atoms with Crippen molar-refractivity contribution < 1.29 is 31.1 Å². The molecule has 1 aromatic heterocycles. The van der Waals surface area contributed by atoms with Crippen molar-refractivity contribution in [1.82, 2.24) is 9.58 Å². The largest absolute Gasteiger partial charge is 0.416 e. The van der Waals surface area contributed by atoms with Gasteiger partial charge in [0.1, 0.15) is 18.4 Å². The van der Waals surface area contributed by atoms with Gasteiger partial charge >= 0.3 is 12.4 Å². The first-order valence-electron chi connectivity index (χ1n) is 11.6. The highest BCUT2D eigenvalue weighted by Gasteiger charge is 2.47. The fraction of sp³-hybridized carbons (Fsp3) is 0.308. The number of nitrogens with zero attached hydrogens (tertiary/aromatic N) is 3. The minimum absolute atomic E-state index is 0.0227. The number of rotatable bonds is 2. The third-order valence-electron chi connectivity index (χ3n) is 6.97. The zero-order chi connectivity index (χ0) is 27.6. The lowest BCUT2D eigenvalue weighted by molar-refractivity contribution is -0.173. The topological polar surface area (TPSA) is 45.6 Å². The molecule has 3 heterocycles. The number of carbonyl (C=O) groups excluding carboxylic acids is 1. The highest BCUT2D eigenvalue weighted by molar-refractivity contribution is 7.98. The Labute approximate surface area is 217 Å². The standard InChI is InChI=1S/C26H21F6N3O2S/c1-14-20(36)9-10-34-22(14)24(37)33(15(2)25(27,28)29)13-35(34)23-18-6-4-3-5-16(18)12-38-21-11-17(26(30,31)32)7-8-19(21)23/h3-11,15,23H,12-13H2,1-2H3/t15-,23?/m1/s1. The molecule has 2 atom stereocenters. The van der Waals surface area contributed by atoms with E-state index >= 15 is 0 Å². The number of hydrogen-bond acceptors (Lipinski definition) is 4. The van der Waals surface area contributed by atoms with Crippen molar-refractivity contribution in [2.45, 2.75) is 48.9 Å². The molecule has 200 valence electrons. The molecule has 2 aliphatic rings. The number of amides is 1. The maximum absolute atomic E-state index is 13.8. The molecule has 2 aromatic carbocycles. The summed E-state index contributed by atoms with van der Waals surface area (Å²) >= 11 is 1.20. The van der Waals surface area contributed by atoms with Crippen LogP contribution in [0.4, 0.5) is 26.3 Å². The van der Waals surface area contributed by atoms with E-state index in [1.54, 1.807) is 18.2 Å². The first-order valence-corrected chi connectivity index (χ1v) is 12.6. The van der Waals surface area contributed by atoms with Gasteiger partial charge in [0.25, 0.3) is 5.91 Å². The molecule has 1 amide bonds. The number of halogens is 6. The van der Waals surface area contributed by atoms with Gasteiger partial charge in [-0.15, -0.1) is 11.8 Å². The second kappa shape index (κ2) is 9.11. The van der Waals surface area contributed by atoms with Gasteiger partial charge in [0.05, 0.1) is 11.6 Å². The number of hydrogen-bond donors (Lipinski definition) is 0. The summed E-state index contributed by atoms with van der Waals surface area (Å²) in [5.41, 5.74) is 0.318. The first-order chi connectivity index (χ1) is 17.8. The Morgan fingerprint density at radius 3 is 2.37 bits per heavy atom. The lowest BCUT2D eigenvalue weighted by Crippen LogP contribution is -2.60. The van der Waals surface area contributed by atoms with Crippen LogP contribution in [0.2, 0.25) is 0 Å². The van der Waals surface area contributed by atoms with Gasteiger partial charge in [-0.05, 0) is 42.7 Å². The summed E-state index contributed by atoms with van der Waals surface area (Å²) in [6, 6.07) is 8.62. The summed E-state index contributed by atoms with van der Waals surface area (Å²) < 4.78 is 83.5. The number of pyridine rings is 1. The van der Waals surface area contributed by atoms with E-state index in [0.29, 0.717) is 26.7 Å². The third kappa shape index (κ3) is 4.34. The van der Waals surface area contributed by atoms with Crippen LogP contribution in [0.25, 0.3) is 0 Å². The van der Waals surface area contributed by atoms with Gasteiger partial charge in [-0.25, -0.2) is 0 Å². The highest BCUT2D eigenvalue weighted by Crippen LogP contribution is 2.45. The highest BCUT2D eigenvalue weighted by atomic mass is 32.2. The Hall–Kier alpha value is -3.41. The van der Waals surface area contributed by atoms with Gasteiger partial charge in [-0.1, -0.05) is 30.3 Å². The molecule has 0 saturated carbocycles. The predicted octanol–water partition coefficient (Wildman–Crippen LogP) is 5.87. The van der Waals surface area contributed by atoms with E-state index < -0.39 is 48.0 Å². The molecule has 0 fully saturated rings. The quantitative estimate of drug-likeness (QED) is 0.373. The molecular formula is C26H21F6N3O2S. The molecule has 0 aliphatic carbocycles. The van der Waals surface area contributed by atoms with Crippen LogP contribution in [-0.2, 0) is 11.9 Å². The summed E-state index contributed by atoms with van der Waals surface area (Å²) in [7, 11) is 0. The summed E-state index contributed by atoms with van der Waals surface area (Å²) in [4.78, 5) is 26.7. The molecule has 0 spiro atoms. The van der Waals surface area contributed by atoms with Crippen LogP contribution in [0.1, 0.15) is 51.3 Å². The van der Waals surface area contributed by atoms with E-state index in [2.05, 4.69) is 0 Å². The van der Waals surface area contributed by atoms with Crippen molar-refractivity contribution in [3.63, 3.8) is 0 Å². The molecular weight excluding hydrogens is 532 g/mol. The van der Waals surface area contributed by atoms with Crippen LogP contribution < -0.4 is 10.4 Å². The first kappa shape index (κ1) is 26.2. The molecule has 3 aromatic rings. The van der Waals surface area contributed by atoms with E-state index in [1.165, 1.54) is 46.7 Å². The van der Waals surface area contributed by atoms with Gasteiger partial charge in [-0.3, -0.25) is 19.3 Å². The number of carbonyl (C=O) groups is 1. The summed E-state index contributed by atoms with van der Waals surface area (Å²) in [6.07, 6.45) is -8.00. The van der Waals surface area contributed by atoms with Crippen molar-refractivity contribution in [1.29, 1.82) is 0 Å². The number of aromatic nitrogens is 1. The second-order valence-corrected chi connectivity index (χ2v) is 10.2.